The van der Waals surface area contributed by atoms with Gasteiger partial charge in [-0.1, -0.05) is 0 Å². The summed E-state index contributed by atoms with van der Waals surface area (Å²) < 4.78 is 10.3. The van der Waals surface area contributed by atoms with E-state index in [1.165, 1.54) is 0 Å². The van der Waals surface area contributed by atoms with Crippen LogP contribution >= 0.6 is 0 Å². The minimum Gasteiger partial charge on any atom is -0.481 e. The van der Waals surface area contributed by atoms with Gasteiger partial charge in [0.25, 0.3) is 11.8 Å². The third-order valence-corrected chi connectivity index (χ3v) is 5.72. The van der Waals surface area contributed by atoms with Crippen LogP contribution in [0.15, 0.2) is 36.7 Å². The zero-order valence-corrected chi connectivity index (χ0v) is 17.1. The third-order valence-electron chi connectivity index (χ3n) is 5.72. The Balaban J connectivity index is 1.33. The van der Waals surface area contributed by atoms with E-state index in [0.29, 0.717) is 56.4 Å². The molecule has 0 saturated carbocycles. The highest BCUT2D eigenvalue weighted by Crippen LogP contribution is 2.27. The molecule has 0 spiro atoms. The van der Waals surface area contributed by atoms with Gasteiger partial charge in [0.1, 0.15) is 0 Å². The van der Waals surface area contributed by atoms with Crippen LogP contribution < -0.4 is 4.74 Å². The molecule has 2 amide bonds. The first-order chi connectivity index (χ1) is 14.7. The lowest BCUT2D eigenvalue weighted by atomic mass is 9.92. The average Bonchev–Trinajstić information content (AvgIpc) is 2.84. The van der Waals surface area contributed by atoms with Crippen molar-refractivity contribution in [3.63, 3.8) is 0 Å². The van der Waals surface area contributed by atoms with Gasteiger partial charge in [0.2, 0.25) is 5.88 Å². The van der Waals surface area contributed by atoms with Crippen molar-refractivity contribution < 1.29 is 19.1 Å². The Bertz CT molecular complexity index is 871. The number of rotatable bonds is 4. The fourth-order valence-corrected chi connectivity index (χ4v) is 3.91. The summed E-state index contributed by atoms with van der Waals surface area (Å²) in [6.45, 7) is 3.76. The van der Waals surface area contributed by atoms with Crippen molar-refractivity contribution in [1.29, 1.82) is 0 Å². The summed E-state index contributed by atoms with van der Waals surface area (Å²) in [7, 11) is 1.55. The second-order valence-electron chi connectivity index (χ2n) is 7.53. The van der Waals surface area contributed by atoms with Gasteiger partial charge in [-0.3, -0.25) is 14.6 Å². The van der Waals surface area contributed by atoms with Gasteiger partial charge >= 0.3 is 0 Å². The van der Waals surface area contributed by atoms with Crippen LogP contribution in [-0.4, -0.2) is 78.1 Å². The Labute approximate surface area is 175 Å². The molecule has 0 aromatic carbocycles. The lowest BCUT2D eigenvalue weighted by Gasteiger charge is -2.32. The molecule has 0 atom stereocenters. The Hall–Kier alpha value is -3.00. The molecule has 2 aliphatic heterocycles. The molecular weight excluding hydrogens is 384 g/mol. The molecule has 8 nitrogen and oxygen atoms in total. The van der Waals surface area contributed by atoms with Crippen molar-refractivity contribution >= 4 is 11.8 Å². The molecule has 0 N–H and O–H groups in total. The van der Waals surface area contributed by atoms with Crippen LogP contribution in [0.5, 0.6) is 5.88 Å². The molecule has 2 aromatic rings. The number of pyridine rings is 2. The van der Waals surface area contributed by atoms with Gasteiger partial charge in [-0.2, -0.15) is 0 Å². The highest BCUT2D eigenvalue weighted by Gasteiger charge is 2.26. The van der Waals surface area contributed by atoms with Gasteiger partial charge in [-0.25, -0.2) is 4.98 Å². The van der Waals surface area contributed by atoms with Gasteiger partial charge in [0.05, 0.1) is 31.5 Å². The number of morpholine rings is 1. The molecule has 0 aliphatic carbocycles. The maximum atomic E-state index is 12.7. The number of ether oxygens (including phenoxy) is 2. The van der Waals surface area contributed by atoms with E-state index in [9.17, 15) is 9.59 Å². The van der Waals surface area contributed by atoms with Gasteiger partial charge in [-0.05, 0) is 31.0 Å². The molecule has 2 saturated heterocycles. The van der Waals surface area contributed by atoms with Crippen LogP contribution in [0.1, 0.15) is 45.2 Å². The summed E-state index contributed by atoms with van der Waals surface area (Å²) in [5.41, 5.74) is 2.16. The first-order valence-corrected chi connectivity index (χ1v) is 10.3. The van der Waals surface area contributed by atoms with Crippen LogP contribution in [0.25, 0.3) is 0 Å². The van der Waals surface area contributed by atoms with Crippen LogP contribution in [0, 0.1) is 0 Å². The molecule has 2 fully saturated rings. The first kappa shape index (κ1) is 20.3. The number of piperidine rings is 1. The minimum absolute atomic E-state index is 0.00543. The molecule has 8 heteroatoms. The summed E-state index contributed by atoms with van der Waals surface area (Å²) in [6, 6.07) is 7.25. The largest absolute Gasteiger partial charge is 0.481 e. The number of nitrogens with zero attached hydrogens (tertiary/aromatic N) is 4. The Morgan fingerprint density at radius 1 is 0.900 bits per heavy atom. The van der Waals surface area contributed by atoms with E-state index >= 15 is 0 Å². The predicted octanol–water partition coefficient (Wildman–Crippen LogP) is 1.98. The van der Waals surface area contributed by atoms with Gasteiger partial charge in [0, 0.05) is 56.3 Å². The fraction of sp³-hybridized carbons (Fsp3) is 0.455. The van der Waals surface area contributed by atoms with Crippen LogP contribution in [0.2, 0.25) is 0 Å². The Morgan fingerprint density at radius 3 is 2.03 bits per heavy atom. The van der Waals surface area contributed by atoms with E-state index in [0.717, 1.165) is 18.5 Å². The first-order valence-electron chi connectivity index (χ1n) is 10.3. The van der Waals surface area contributed by atoms with Crippen molar-refractivity contribution in [2.45, 2.75) is 18.8 Å². The van der Waals surface area contributed by atoms with Crippen molar-refractivity contribution in [3.8, 4) is 5.88 Å². The van der Waals surface area contributed by atoms with Gasteiger partial charge in [0.15, 0.2) is 0 Å². The number of carbonyl (C=O) groups is 2. The maximum Gasteiger partial charge on any atom is 0.255 e. The highest BCUT2D eigenvalue weighted by molar-refractivity contribution is 5.94. The van der Waals surface area contributed by atoms with E-state index in [1.807, 2.05) is 17.0 Å². The molecular formula is C22H26N4O4. The smallest absolute Gasteiger partial charge is 0.255 e. The molecule has 2 aromatic heterocycles. The molecule has 30 heavy (non-hydrogen) atoms. The van der Waals surface area contributed by atoms with Gasteiger partial charge < -0.3 is 19.3 Å². The number of aromatic nitrogens is 2. The van der Waals surface area contributed by atoms with Crippen LogP contribution in [-0.2, 0) is 4.74 Å². The van der Waals surface area contributed by atoms with Crippen LogP contribution in [0.4, 0.5) is 0 Å². The number of hydrogen-bond donors (Lipinski definition) is 0. The summed E-state index contributed by atoms with van der Waals surface area (Å²) in [4.78, 5) is 37.6. The zero-order valence-electron chi connectivity index (χ0n) is 17.1. The lowest BCUT2D eigenvalue weighted by Crippen LogP contribution is -2.40. The van der Waals surface area contributed by atoms with Crippen molar-refractivity contribution in [2.24, 2.45) is 0 Å². The second kappa shape index (κ2) is 9.21. The van der Waals surface area contributed by atoms with Gasteiger partial charge in [-0.15, -0.1) is 0 Å². The molecule has 158 valence electrons. The van der Waals surface area contributed by atoms with E-state index in [-0.39, 0.29) is 17.7 Å². The van der Waals surface area contributed by atoms with Crippen molar-refractivity contribution in [3.05, 3.63) is 53.5 Å². The zero-order chi connectivity index (χ0) is 20.9. The number of likely N-dealkylation sites (tertiary alicyclic amines) is 1. The van der Waals surface area contributed by atoms with Crippen LogP contribution in [0.3, 0.4) is 0 Å². The third kappa shape index (κ3) is 4.43. The molecule has 4 heterocycles. The van der Waals surface area contributed by atoms with E-state index in [1.54, 1.807) is 36.5 Å². The number of methoxy groups -OCH3 is 1. The summed E-state index contributed by atoms with van der Waals surface area (Å²) in [5.74, 6) is 0.774. The normalized spacial score (nSPS) is 17.6. The SMILES string of the molecule is COc1ccc(C(=O)N2CCC(c3ccc(C(=O)N4CCOCC4)cn3)CC2)cn1. The molecule has 0 radical (unpaired) electrons. The molecule has 2 aliphatic rings. The second-order valence-corrected chi connectivity index (χ2v) is 7.53. The molecule has 4 rings (SSSR count). The van der Waals surface area contributed by atoms with Crippen molar-refractivity contribution in [2.75, 3.05) is 46.5 Å². The Kier molecular flexibility index (Phi) is 6.23. The molecule has 0 unspecified atom stereocenters. The van der Waals surface area contributed by atoms with E-state index in [2.05, 4.69) is 9.97 Å². The van der Waals surface area contributed by atoms with E-state index in [4.69, 9.17) is 9.47 Å². The average molecular weight is 410 g/mol. The molecule has 0 bridgehead atoms. The number of hydrogen-bond acceptors (Lipinski definition) is 6. The minimum atomic E-state index is -0.0111. The Morgan fingerprint density at radius 2 is 1.50 bits per heavy atom. The summed E-state index contributed by atoms with van der Waals surface area (Å²) >= 11 is 0. The topological polar surface area (TPSA) is 84.9 Å². The summed E-state index contributed by atoms with van der Waals surface area (Å²) in [6.07, 6.45) is 4.92. The van der Waals surface area contributed by atoms with Crippen molar-refractivity contribution in [1.82, 2.24) is 19.8 Å². The van der Waals surface area contributed by atoms with E-state index < -0.39 is 0 Å². The number of amides is 2. The monoisotopic (exact) mass is 410 g/mol. The maximum absolute atomic E-state index is 12.7. The standard InChI is InChI=1S/C22H26N4O4/c1-29-20-5-3-18(15-24-20)21(27)25-8-6-16(7-9-25)19-4-2-17(14-23-19)22(28)26-10-12-30-13-11-26/h2-5,14-16H,6-13H2,1H3. The fourth-order valence-electron chi connectivity index (χ4n) is 3.91. The lowest BCUT2D eigenvalue weighted by molar-refractivity contribution is 0.0302. The quantitative estimate of drug-likeness (QED) is 0.766. The highest BCUT2D eigenvalue weighted by atomic mass is 16.5. The summed E-state index contributed by atoms with van der Waals surface area (Å²) in [5, 5.41) is 0. The number of carbonyl (C=O) groups excluding carboxylic acids is 2. The predicted molar refractivity (Wildman–Crippen MR) is 110 cm³/mol.